The zero-order valence-corrected chi connectivity index (χ0v) is 20.7. The standard InChI is InChI=1S/C23H20N14O3/c24-33-27-11-13-36(14-12-28-34-25)20-8-6-18(7-9-20)30-32-21-10-1-16(15-22(21)37(39)40)23(38)29-17-2-4-19(5-3-17)31-35-26/h1-10,15H,11-14H2,(H,29,38)/b32-30+. The van der Waals surface area contributed by atoms with Gasteiger partial charge in [0.25, 0.3) is 11.6 Å². The molecule has 3 aromatic carbocycles. The molecule has 0 bridgehead atoms. The van der Waals surface area contributed by atoms with Gasteiger partial charge in [0, 0.05) is 69.6 Å². The normalized spacial score (nSPS) is 10.1. The lowest BCUT2D eigenvalue weighted by molar-refractivity contribution is -0.384. The third kappa shape index (κ3) is 8.19. The Balaban J connectivity index is 1.74. The Morgan fingerprint density at radius 1 is 0.850 bits per heavy atom. The van der Waals surface area contributed by atoms with E-state index in [9.17, 15) is 14.9 Å². The monoisotopic (exact) mass is 540 g/mol. The van der Waals surface area contributed by atoms with Crippen LogP contribution < -0.4 is 10.2 Å². The van der Waals surface area contributed by atoms with E-state index < -0.39 is 16.5 Å². The molecule has 0 aromatic heterocycles. The molecule has 0 fully saturated rings. The highest BCUT2D eigenvalue weighted by Gasteiger charge is 2.18. The lowest BCUT2D eigenvalue weighted by atomic mass is 10.1. The summed E-state index contributed by atoms with van der Waals surface area (Å²) in [6.45, 7) is 1.24. The number of nitrogens with zero attached hydrogens (tertiary/aromatic N) is 13. The van der Waals surface area contributed by atoms with Crippen molar-refractivity contribution < 1.29 is 9.72 Å². The first-order valence-corrected chi connectivity index (χ1v) is 11.5. The maximum absolute atomic E-state index is 12.6. The van der Waals surface area contributed by atoms with Gasteiger partial charge < -0.3 is 10.2 Å². The Labute approximate surface area is 225 Å². The number of nitrogens with one attached hydrogen (secondary N) is 1. The zero-order chi connectivity index (χ0) is 28.7. The quantitative estimate of drug-likeness (QED) is 0.0754. The minimum Gasteiger partial charge on any atom is -0.371 e. The van der Waals surface area contributed by atoms with Gasteiger partial charge in [-0.25, -0.2) is 0 Å². The van der Waals surface area contributed by atoms with Crippen LogP contribution in [-0.4, -0.2) is 37.0 Å². The van der Waals surface area contributed by atoms with Gasteiger partial charge in [0.1, 0.15) is 0 Å². The number of amides is 1. The van der Waals surface area contributed by atoms with Gasteiger partial charge in [-0.2, -0.15) is 5.11 Å². The highest BCUT2D eigenvalue weighted by atomic mass is 16.6. The number of carbonyl (C=O) groups excluding carboxylic acids is 1. The molecule has 0 heterocycles. The van der Waals surface area contributed by atoms with Crippen LogP contribution in [0.1, 0.15) is 10.4 Å². The van der Waals surface area contributed by atoms with E-state index >= 15 is 0 Å². The van der Waals surface area contributed by atoms with Gasteiger partial charge in [-0.1, -0.05) is 27.5 Å². The number of carbonyl (C=O) groups is 1. The molecular weight excluding hydrogens is 520 g/mol. The summed E-state index contributed by atoms with van der Waals surface area (Å²) in [7, 11) is 0. The molecule has 0 aliphatic carbocycles. The number of nitro groups is 1. The van der Waals surface area contributed by atoms with Crippen LogP contribution in [0.4, 0.5) is 34.1 Å². The molecule has 200 valence electrons. The van der Waals surface area contributed by atoms with Gasteiger partial charge in [0.15, 0.2) is 5.69 Å². The maximum atomic E-state index is 12.6. The summed E-state index contributed by atoms with van der Waals surface area (Å²) in [5.41, 5.74) is 27.0. The second kappa shape index (κ2) is 14.6. The van der Waals surface area contributed by atoms with Crippen LogP contribution in [0.25, 0.3) is 31.3 Å². The van der Waals surface area contributed by atoms with E-state index in [0.29, 0.717) is 30.2 Å². The number of benzene rings is 3. The van der Waals surface area contributed by atoms with E-state index in [2.05, 4.69) is 45.6 Å². The summed E-state index contributed by atoms with van der Waals surface area (Å²) >= 11 is 0. The Morgan fingerprint density at radius 3 is 2.05 bits per heavy atom. The van der Waals surface area contributed by atoms with Crippen LogP contribution in [0.5, 0.6) is 0 Å². The highest BCUT2D eigenvalue weighted by Crippen LogP contribution is 2.31. The summed E-state index contributed by atoms with van der Waals surface area (Å²) in [4.78, 5) is 33.6. The SMILES string of the molecule is [N-]=[N+]=NCCN(CCN=[N+]=[N-])c1ccc(/N=N/c2ccc(C(=O)Nc3ccc(N=[N+]=[N-])cc3)cc2[N+](=O)[O-])cc1. The van der Waals surface area contributed by atoms with Crippen molar-refractivity contribution >= 4 is 40.0 Å². The van der Waals surface area contributed by atoms with Crippen LogP contribution in [0.15, 0.2) is 92.3 Å². The van der Waals surface area contributed by atoms with Crippen molar-refractivity contribution in [2.24, 2.45) is 25.6 Å². The summed E-state index contributed by atoms with van der Waals surface area (Å²) in [5.74, 6) is -0.579. The first kappa shape index (κ1) is 28.4. The van der Waals surface area contributed by atoms with Crippen molar-refractivity contribution in [3.05, 3.63) is 114 Å². The Bertz CT molecular complexity index is 1510. The van der Waals surface area contributed by atoms with Crippen molar-refractivity contribution in [1.82, 2.24) is 0 Å². The number of anilines is 2. The molecule has 40 heavy (non-hydrogen) atoms. The van der Waals surface area contributed by atoms with Gasteiger partial charge in [0.2, 0.25) is 0 Å². The summed E-state index contributed by atoms with van der Waals surface area (Å²) in [6, 6.07) is 16.7. The van der Waals surface area contributed by atoms with Crippen molar-refractivity contribution in [2.75, 3.05) is 36.4 Å². The molecule has 3 rings (SSSR count). The Morgan fingerprint density at radius 2 is 1.48 bits per heavy atom. The van der Waals surface area contributed by atoms with E-state index in [1.165, 1.54) is 36.4 Å². The molecule has 0 atom stereocenters. The van der Waals surface area contributed by atoms with Crippen molar-refractivity contribution in [3.8, 4) is 0 Å². The summed E-state index contributed by atoms with van der Waals surface area (Å²) in [6.07, 6.45) is 0. The van der Waals surface area contributed by atoms with E-state index in [0.717, 1.165) is 11.8 Å². The predicted molar refractivity (Wildman–Crippen MR) is 147 cm³/mol. The molecule has 17 heteroatoms. The van der Waals surface area contributed by atoms with E-state index in [1.807, 2.05) is 4.90 Å². The number of hydrogen-bond donors (Lipinski definition) is 1. The van der Waals surface area contributed by atoms with Gasteiger partial charge in [0.05, 0.1) is 10.6 Å². The molecule has 1 amide bonds. The molecule has 0 saturated carbocycles. The van der Waals surface area contributed by atoms with E-state index in [1.54, 1.807) is 24.3 Å². The fraction of sp³-hybridized carbons (Fsp3) is 0.174. The smallest absolute Gasteiger partial charge is 0.297 e. The molecule has 0 saturated heterocycles. The number of azide groups is 3. The minimum atomic E-state index is -0.658. The Kier molecular flexibility index (Phi) is 10.4. The van der Waals surface area contributed by atoms with Crippen LogP contribution >= 0.6 is 0 Å². The zero-order valence-electron chi connectivity index (χ0n) is 20.7. The third-order valence-electron chi connectivity index (χ3n) is 5.27. The Hall–Kier alpha value is -6.14. The molecule has 0 radical (unpaired) electrons. The highest BCUT2D eigenvalue weighted by molar-refractivity contribution is 6.05. The molecule has 0 aliphatic rings. The van der Waals surface area contributed by atoms with Gasteiger partial charge >= 0.3 is 0 Å². The fourth-order valence-corrected chi connectivity index (χ4v) is 3.39. The number of azo groups is 1. The third-order valence-corrected chi connectivity index (χ3v) is 5.27. The second-order valence-electron chi connectivity index (χ2n) is 7.76. The van der Waals surface area contributed by atoms with Crippen LogP contribution in [0.2, 0.25) is 0 Å². The topological polar surface area (TPSA) is 246 Å². The molecule has 0 spiro atoms. The fourth-order valence-electron chi connectivity index (χ4n) is 3.39. The van der Waals surface area contributed by atoms with Gasteiger partial charge in [-0.3, -0.25) is 14.9 Å². The largest absolute Gasteiger partial charge is 0.371 e. The predicted octanol–water partition coefficient (Wildman–Crippen LogP) is 7.63. The van der Waals surface area contributed by atoms with E-state index in [-0.39, 0.29) is 24.3 Å². The maximum Gasteiger partial charge on any atom is 0.297 e. The minimum absolute atomic E-state index is 0.0377. The van der Waals surface area contributed by atoms with Crippen LogP contribution in [0, 0.1) is 10.1 Å². The first-order chi connectivity index (χ1) is 19.4. The van der Waals surface area contributed by atoms with Crippen molar-refractivity contribution in [2.45, 2.75) is 0 Å². The molecule has 0 unspecified atom stereocenters. The molecule has 0 aliphatic heterocycles. The number of hydrogen-bond acceptors (Lipinski definition) is 9. The molecule has 17 nitrogen and oxygen atoms in total. The molecular formula is C23H20N14O3. The van der Waals surface area contributed by atoms with Crippen molar-refractivity contribution in [1.29, 1.82) is 0 Å². The lowest BCUT2D eigenvalue weighted by Crippen LogP contribution is -2.28. The summed E-state index contributed by atoms with van der Waals surface area (Å²) in [5, 5.41) is 32.8. The van der Waals surface area contributed by atoms with E-state index in [4.69, 9.17) is 16.6 Å². The average molecular weight is 541 g/mol. The van der Waals surface area contributed by atoms with Crippen molar-refractivity contribution in [3.63, 3.8) is 0 Å². The first-order valence-electron chi connectivity index (χ1n) is 11.5. The molecule has 3 aromatic rings. The second-order valence-corrected chi connectivity index (χ2v) is 7.76. The average Bonchev–Trinajstić information content (AvgIpc) is 2.97. The number of rotatable bonds is 13. The lowest BCUT2D eigenvalue weighted by Gasteiger charge is -2.23. The summed E-state index contributed by atoms with van der Waals surface area (Å²) < 4.78 is 0. The van der Waals surface area contributed by atoms with Gasteiger partial charge in [-0.15, -0.1) is 5.11 Å². The van der Waals surface area contributed by atoms with Gasteiger partial charge in [-0.05, 0) is 65.1 Å². The van der Waals surface area contributed by atoms with Crippen LogP contribution in [-0.2, 0) is 0 Å². The molecule has 1 N–H and O–H groups in total. The number of nitro benzene ring substituents is 1. The van der Waals surface area contributed by atoms with Crippen LogP contribution in [0.3, 0.4) is 0 Å².